The van der Waals surface area contributed by atoms with Crippen LogP contribution in [0.5, 0.6) is 5.75 Å². The molecule has 2 aromatic rings. The molecule has 0 unspecified atom stereocenters. The zero-order chi connectivity index (χ0) is 11.1. The first-order valence-electron chi connectivity index (χ1n) is 3.98. The third kappa shape index (κ3) is 1.78. The van der Waals surface area contributed by atoms with E-state index in [4.69, 9.17) is 15.4 Å². The number of fused-ring (bicyclic) bond motifs is 1. The lowest BCUT2D eigenvalue weighted by Crippen LogP contribution is -1.97. The summed E-state index contributed by atoms with van der Waals surface area (Å²) in [6.07, 6.45) is 4.54. The molecule has 0 saturated heterocycles. The highest BCUT2D eigenvalue weighted by molar-refractivity contribution is 8.13. The summed E-state index contributed by atoms with van der Waals surface area (Å²) < 4.78 is 28.8. The molecule has 0 fully saturated rings. The number of halogens is 1. The van der Waals surface area contributed by atoms with Crippen LogP contribution in [0.15, 0.2) is 29.6 Å². The van der Waals surface area contributed by atoms with E-state index in [-0.39, 0.29) is 4.90 Å². The maximum absolute atomic E-state index is 11.1. The van der Waals surface area contributed by atoms with E-state index >= 15 is 0 Å². The monoisotopic (exact) mass is 246 g/mol. The molecule has 0 N–H and O–H groups in total. The van der Waals surface area contributed by atoms with Gasteiger partial charge in [-0.05, 0) is 0 Å². The van der Waals surface area contributed by atoms with Crippen LogP contribution in [0, 0.1) is 0 Å². The van der Waals surface area contributed by atoms with Crippen molar-refractivity contribution in [1.82, 2.24) is 9.38 Å². The molecule has 5 nitrogen and oxygen atoms in total. The second-order valence-corrected chi connectivity index (χ2v) is 5.41. The van der Waals surface area contributed by atoms with Crippen molar-refractivity contribution in [3.63, 3.8) is 0 Å². The number of hydrogen-bond acceptors (Lipinski definition) is 4. The summed E-state index contributed by atoms with van der Waals surface area (Å²) in [5.74, 6) is 0.363. The van der Waals surface area contributed by atoms with Gasteiger partial charge in [-0.3, -0.25) is 0 Å². The van der Waals surface area contributed by atoms with Crippen LogP contribution in [-0.4, -0.2) is 24.9 Å². The van der Waals surface area contributed by atoms with E-state index in [1.807, 2.05) is 0 Å². The van der Waals surface area contributed by atoms with Crippen LogP contribution in [0.4, 0.5) is 0 Å². The smallest absolute Gasteiger partial charge is 0.262 e. The Morgan fingerprint density at radius 3 is 2.87 bits per heavy atom. The minimum absolute atomic E-state index is 0.0217. The van der Waals surface area contributed by atoms with Crippen molar-refractivity contribution >= 4 is 25.4 Å². The quantitative estimate of drug-likeness (QED) is 0.749. The molecule has 0 amide bonds. The zero-order valence-electron chi connectivity index (χ0n) is 7.71. The first-order valence-corrected chi connectivity index (χ1v) is 6.28. The van der Waals surface area contributed by atoms with Crippen LogP contribution >= 0.6 is 10.7 Å². The zero-order valence-corrected chi connectivity index (χ0v) is 9.29. The van der Waals surface area contributed by atoms with Gasteiger partial charge in [0.2, 0.25) is 0 Å². The number of aromatic nitrogens is 2. The van der Waals surface area contributed by atoms with Gasteiger partial charge < -0.3 is 9.14 Å². The molecule has 2 heterocycles. The van der Waals surface area contributed by atoms with Gasteiger partial charge in [-0.25, -0.2) is 13.4 Å². The highest BCUT2D eigenvalue weighted by Gasteiger charge is 2.14. The van der Waals surface area contributed by atoms with Crippen molar-refractivity contribution in [2.45, 2.75) is 4.90 Å². The van der Waals surface area contributed by atoms with Gasteiger partial charge in [0, 0.05) is 35.3 Å². The Morgan fingerprint density at radius 2 is 2.27 bits per heavy atom. The molecule has 15 heavy (non-hydrogen) atoms. The Morgan fingerprint density at radius 1 is 1.53 bits per heavy atom. The van der Waals surface area contributed by atoms with Crippen LogP contribution in [0.1, 0.15) is 0 Å². The third-order valence-corrected chi connectivity index (χ3v) is 3.25. The second kappa shape index (κ2) is 3.39. The number of hydrogen-bond donors (Lipinski definition) is 0. The summed E-state index contributed by atoms with van der Waals surface area (Å²) in [5, 5.41) is 0. The lowest BCUT2D eigenvalue weighted by Gasteiger charge is -2.04. The fraction of sp³-hybridized carbons (Fsp3) is 0.125. The van der Waals surface area contributed by atoms with Gasteiger partial charge in [0.1, 0.15) is 4.90 Å². The highest BCUT2D eigenvalue weighted by atomic mass is 35.7. The molecule has 7 heteroatoms. The van der Waals surface area contributed by atoms with Crippen LogP contribution in [0.25, 0.3) is 5.65 Å². The molecule has 2 aromatic heterocycles. The van der Waals surface area contributed by atoms with Crippen molar-refractivity contribution < 1.29 is 13.2 Å². The molecule has 2 rings (SSSR count). The fourth-order valence-corrected chi connectivity index (χ4v) is 2.00. The predicted octanol–water partition coefficient (Wildman–Crippen LogP) is 1.27. The molecule has 0 aliphatic heterocycles. The molecule has 0 spiro atoms. The molecule has 0 saturated carbocycles. The first-order chi connectivity index (χ1) is 7.02. The van der Waals surface area contributed by atoms with Crippen LogP contribution in [0.2, 0.25) is 0 Å². The maximum Gasteiger partial charge on any atom is 0.262 e. The molecule has 0 aliphatic carbocycles. The molecule has 80 valence electrons. The van der Waals surface area contributed by atoms with Gasteiger partial charge in [-0.2, -0.15) is 0 Å². The summed E-state index contributed by atoms with van der Waals surface area (Å²) >= 11 is 0. The van der Waals surface area contributed by atoms with E-state index in [0.717, 1.165) is 0 Å². The molecule has 0 aromatic carbocycles. The van der Waals surface area contributed by atoms with Crippen LogP contribution < -0.4 is 4.74 Å². The SMILES string of the molecule is COc1cc(S(=O)(=O)Cl)cn2ccnc12. The Kier molecular flexibility index (Phi) is 2.32. The highest BCUT2D eigenvalue weighted by Crippen LogP contribution is 2.24. The summed E-state index contributed by atoms with van der Waals surface area (Å²) in [7, 11) is 2.92. The Balaban J connectivity index is 2.80. The van der Waals surface area contributed by atoms with Crippen molar-refractivity contribution in [3.05, 3.63) is 24.7 Å². The standard InChI is InChI=1S/C8H7ClN2O3S/c1-14-7-4-6(15(9,12)13)5-11-3-2-10-8(7)11/h2-5H,1H3. The fourth-order valence-electron chi connectivity index (χ4n) is 1.26. The molecular formula is C8H7ClN2O3S. The molecular weight excluding hydrogens is 240 g/mol. The predicted molar refractivity (Wildman–Crippen MR) is 54.8 cm³/mol. The summed E-state index contributed by atoms with van der Waals surface area (Å²) in [4.78, 5) is 3.99. The van der Waals surface area contributed by atoms with Crippen LogP contribution in [-0.2, 0) is 9.05 Å². The number of nitrogens with zero attached hydrogens (tertiary/aromatic N) is 2. The summed E-state index contributed by atoms with van der Waals surface area (Å²) in [6.45, 7) is 0. The van der Waals surface area contributed by atoms with Crippen molar-refractivity contribution in [3.8, 4) is 5.75 Å². The maximum atomic E-state index is 11.1. The van der Waals surface area contributed by atoms with Gasteiger partial charge in [0.05, 0.1) is 7.11 Å². The Labute approximate surface area is 90.7 Å². The van der Waals surface area contributed by atoms with E-state index < -0.39 is 9.05 Å². The number of rotatable bonds is 2. The average Bonchev–Trinajstić information content (AvgIpc) is 2.62. The topological polar surface area (TPSA) is 60.7 Å². The average molecular weight is 247 g/mol. The first kappa shape index (κ1) is 10.3. The largest absolute Gasteiger partial charge is 0.493 e. The minimum atomic E-state index is -3.76. The normalized spacial score (nSPS) is 11.9. The summed E-state index contributed by atoms with van der Waals surface area (Å²) in [5.41, 5.74) is 0.543. The molecule has 0 radical (unpaired) electrons. The van der Waals surface area contributed by atoms with E-state index in [2.05, 4.69) is 4.98 Å². The van der Waals surface area contributed by atoms with Gasteiger partial charge in [-0.15, -0.1) is 0 Å². The van der Waals surface area contributed by atoms with Crippen molar-refractivity contribution in [2.24, 2.45) is 0 Å². The third-order valence-electron chi connectivity index (χ3n) is 1.93. The number of imidazole rings is 1. The number of pyridine rings is 1. The molecule has 0 bridgehead atoms. The Hall–Kier alpha value is -1.27. The van der Waals surface area contributed by atoms with Crippen molar-refractivity contribution in [2.75, 3.05) is 7.11 Å². The van der Waals surface area contributed by atoms with E-state index in [0.29, 0.717) is 11.4 Å². The van der Waals surface area contributed by atoms with E-state index in [1.165, 1.54) is 23.8 Å². The molecule has 0 aliphatic rings. The summed E-state index contributed by atoms with van der Waals surface area (Å²) in [6, 6.07) is 1.34. The second-order valence-electron chi connectivity index (χ2n) is 2.84. The van der Waals surface area contributed by atoms with Crippen LogP contribution in [0.3, 0.4) is 0 Å². The van der Waals surface area contributed by atoms with Gasteiger partial charge >= 0.3 is 0 Å². The molecule has 0 atom stereocenters. The number of ether oxygens (including phenoxy) is 1. The van der Waals surface area contributed by atoms with Crippen molar-refractivity contribution in [1.29, 1.82) is 0 Å². The lowest BCUT2D eigenvalue weighted by molar-refractivity contribution is 0.415. The minimum Gasteiger partial charge on any atom is -0.493 e. The van der Waals surface area contributed by atoms with Gasteiger partial charge in [0.15, 0.2) is 11.4 Å². The van der Waals surface area contributed by atoms with Gasteiger partial charge in [0.25, 0.3) is 9.05 Å². The Bertz CT molecular complexity index is 605. The number of methoxy groups -OCH3 is 1. The van der Waals surface area contributed by atoms with E-state index in [1.54, 1.807) is 12.4 Å². The lowest BCUT2D eigenvalue weighted by atomic mass is 10.4. The van der Waals surface area contributed by atoms with Gasteiger partial charge in [-0.1, -0.05) is 0 Å². The van der Waals surface area contributed by atoms with E-state index in [9.17, 15) is 8.42 Å².